The molecule has 0 heteroatoms. The minimum Gasteiger partial charge on any atom is -0.0988 e. The Morgan fingerprint density at radius 1 is 0.875 bits per heavy atom. The Balaban J connectivity index is -0.000000245. The molecule has 0 N–H and O–H groups in total. The summed E-state index contributed by atoms with van der Waals surface area (Å²) in [6.45, 7) is 17.8. The van der Waals surface area contributed by atoms with Crippen molar-refractivity contribution in [2.75, 3.05) is 0 Å². The highest BCUT2D eigenvalue weighted by atomic mass is 14.1. The van der Waals surface area contributed by atoms with Gasteiger partial charge in [-0.05, 0) is 37.3 Å². The molecule has 1 aliphatic rings. The summed E-state index contributed by atoms with van der Waals surface area (Å²) >= 11 is 0. The molecule has 0 aliphatic heterocycles. The van der Waals surface area contributed by atoms with Crippen molar-refractivity contribution in [3.8, 4) is 0 Å². The third-order valence-corrected chi connectivity index (χ3v) is 1.92. The largest absolute Gasteiger partial charge is 0.0988 e. The summed E-state index contributed by atoms with van der Waals surface area (Å²) in [6, 6.07) is 0. The molecule has 0 saturated carbocycles. The van der Waals surface area contributed by atoms with Crippen LogP contribution in [0.15, 0.2) is 36.0 Å². The number of allylic oxidation sites excluding steroid dienone is 5. The molecule has 0 fully saturated rings. The molecule has 1 aliphatic carbocycles. The van der Waals surface area contributed by atoms with Crippen LogP contribution in [0.3, 0.4) is 0 Å². The van der Waals surface area contributed by atoms with Crippen LogP contribution in [0.5, 0.6) is 0 Å². The van der Waals surface area contributed by atoms with Crippen LogP contribution < -0.4 is 0 Å². The molecule has 0 aromatic rings. The molecule has 0 heterocycles. The van der Waals surface area contributed by atoms with E-state index in [0.29, 0.717) is 0 Å². The molecule has 0 spiro atoms. The van der Waals surface area contributed by atoms with Crippen molar-refractivity contribution in [3.63, 3.8) is 0 Å². The molecule has 0 unspecified atom stereocenters. The Morgan fingerprint density at radius 2 is 1.31 bits per heavy atom. The zero-order valence-electron chi connectivity index (χ0n) is 12.6. The van der Waals surface area contributed by atoms with Gasteiger partial charge in [-0.15, -0.1) is 0 Å². The van der Waals surface area contributed by atoms with Gasteiger partial charge in [0.1, 0.15) is 0 Å². The van der Waals surface area contributed by atoms with Gasteiger partial charge in [-0.1, -0.05) is 66.3 Å². The second-order valence-electron chi connectivity index (χ2n) is 2.61. The summed E-state index contributed by atoms with van der Waals surface area (Å²) in [5.74, 6) is 0. The lowest BCUT2D eigenvalue weighted by atomic mass is 10.1. The molecule has 0 saturated heterocycles. The minimum atomic E-state index is 1.23. The molecule has 0 aromatic heterocycles. The van der Waals surface area contributed by atoms with Crippen LogP contribution in [-0.2, 0) is 0 Å². The van der Waals surface area contributed by atoms with E-state index in [1.165, 1.54) is 30.4 Å². The van der Waals surface area contributed by atoms with Gasteiger partial charge in [-0.3, -0.25) is 0 Å². The van der Waals surface area contributed by atoms with Gasteiger partial charge in [0.05, 0.1) is 0 Å². The molecular weight excluding hydrogens is 192 g/mol. The summed E-state index contributed by atoms with van der Waals surface area (Å²) in [5.41, 5.74) is 2.93. The van der Waals surface area contributed by atoms with Gasteiger partial charge < -0.3 is 0 Å². The van der Waals surface area contributed by atoms with Crippen molar-refractivity contribution < 1.29 is 0 Å². The first kappa shape index (κ1) is 20.6. The Kier molecular flexibility index (Phi) is 25.4. The maximum absolute atomic E-state index is 3.78. The lowest BCUT2D eigenvalue weighted by molar-refractivity contribution is 0.906. The minimum absolute atomic E-state index is 1.23. The van der Waals surface area contributed by atoms with Gasteiger partial charge in [0.25, 0.3) is 0 Å². The van der Waals surface area contributed by atoms with Crippen LogP contribution in [0, 0.1) is 0 Å². The molecule has 0 atom stereocenters. The van der Waals surface area contributed by atoms with Gasteiger partial charge in [0.2, 0.25) is 0 Å². The second kappa shape index (κ2) is 19.7. The smallest absolute Gasteiger partial charge is 0.0273 e. The second-order valence-corrected chi connectivity index (χ2v) is 2.61. The van der Waals surface area contributed by atoms with Crippen LogP contribution in [0.2, 0.25) is 0 Å². The first-order valence-electron chi connectivity index (χ1n) is 6.85. The first-order chi connectivity index (χ1) is 7.88. The van der Waals surface area contributed by atoms with E-state index < -0.39 is 0 Å². The van der Waals surface area contributed by atoms with Crippen LogP contribution in [0.25, 0.3) is 0 Å². The van der Waals surface area contributed by atoms with E-state index in [-0.39, 0.29) is 0 Å². The molecule has 16 heavy (non-hydrogen) atoms. The fourth-order valence-corrected chi connectivity index (χ4v) is 1.42. The van der Waals surface area contributed by atoms with Crippen molar-refractivity contribution in [2.45, 2.75) is 67.7 Å². The van der Waals surface area contributed by atoms with Gasteiger partial charge in [0, 0.05) is 0 Å². The number of hydrogen-bond donors (Lipinski definition) is 0. The summed E-state index contributed by atoms with van der Waals surface area (Å²) in [6.07, 6.45) is 10.1. The highest BCUT2D eigenvalue weighted by Gasteiger charge is 2.07. The van der Waals surface area contributed by atoms with E-state index >= 15 is 0 Å². The Labute approximate surface area is 104 Å². The van der Waals surface area contributed by atoms with E-state index in [0.717, 1.165) is 0 Å². The fourth-order valence-electron chi connectivity index (χ4n) is 1.42. The zero-order chi connectivity index (χ0) is 13.4. The lowest BCUT2D eigenvalue weighted by Crippen LogP contribution is -1.73. The number of rotatable bonds is 2. The summed E-state index contributed by atoms with van der Waals surface area (Å²) < 4.78 is 0. The van der Waals surface area contributed by atoms with Crippen molar-refractivity contribution >= 4 is 0 Å². The predicted molar refractivity (Wildman–Crippen MR) is 79.9 cm³/mol. The third-order valence-electron chi connectivity index (χ3n) is 1.92. The van der Waals surface area contributed by atoms with E-state index in [9.17, 15) is 0 Å². The average Bonchev–Trinajstić information content (AvgIpc) is 2.84. The Bertz CT molecular complexity index is 182. The van der Waals surface area contributed by atoms with Crippen LogP contribution in [0.1, 0.15) is 67.7 Å². The molecule has 0 radical (unpaired) electrons. The van der Waals surface area contributed by atoms with E-state index in [1.807, 2.05) is 47.6 Å². The quantitative estimate of drug-likeness (QED) is 0.515. The topological polar surface area (TPSA) is 0 Å². The third kappa shape index (κ3) is 9.76. The molecule has 0 aromatic carbocycles. The summed E-state index contributed by atoms with van der Waals surface area (Å²) in [4.78, 5) is 0. The average molecular weight is 224 g/mol. The van der Waals surface area contributed by atoms with Crippen molar-refractivity contribution in [1.82, 2.24) is 0 Å². The molecule has 0 amide bonds. The summed E-state index contributed by atoms with van der Waals surface area (Å²) in [5, 5.41) is 0. The standard InChI is InChI=1S/C10H14.3C2H6/c1-3-6-10-8-5-7-9(10)4-2;3*1-2/h3-4,6H,2,5,7-8H2,1H3;3*1-2H3/b6-3-;;;. The Hall–Kier alpha value is -0.780. The Morgan fingerprint density at radius 3 is 1.69 bits per heavy atom. The van der Waals surface area contributed by atoms with Gasteiger partial charge in [-0.2, -0.15) is 0 Å². The fraction of sp³-hybridized carbons (Fsp3) is 0.625. The van der Waals surface area contributed by atoms with Crippen LogP contribution >= 0.6 is 0 Å². The zero-order valence-corrected chi connectivity index (χ0v) is 12.6. The van der Waals surface area contributed by atoms with Crippen LogP contribution in [-0.4, -0.2) is 0 Å². The van der Waals surface area contributed by atoms with Crippen molar-refractivity contribution in [1.29, 1.82) is 0 Å². The monoisotopic (exact) mass is 224 g/mol. The lowest BCUT2D eigenvalue weighted by Gasteiger charge is -1.93. The van der Waals surface area contributed by atoms with E-state index in [1.54, 1.807) is 0 Å². The van der Waals surface area contributed by atoms with Crippen molar-refractivity contribution in [3.05, 3.63) is 36.0 Å². The highest BCUT2D eigenvalue weighted by Crippen LogP contribution is 2.27. The van der Waals surface area contributed by atoms with Crippen molar-refractivity contribution in [2.24, 2.45) is 0 Å². The van der Waals surface area contributed by atoms with Crippen LogP contribution in [0.4, 0.5) is 0 Å². The SMILES string of the molecule is C=CC1=C(/C=C\C)CCC1.CC.CC.CC. The maximum atomic E-state index is 3.78. The van der Waals surface area contributed by atoms with Gasteiger partial charge >= 0.3 is 0 Å². The van der Waals surface area contributed by atoms with E-state index in [4.69, 9.17) is 0 Å². The molecule has 96 valence electrons. The molecule has 0 nitrogen and oxygen atoms in total. The van der Waals surface area contributed by atoms with E-state index in [2.05, 4.69) is 25.7 Å². The summed E-state index contributed by atoms with van der Waals surface area (Å²) in [7, 11) is 0. The maximum Gasteiger partial charge on any atom is -0.0273 e. The highest BCUT2D eigenvalue weighted by molar-refractivity contribution is 5.35. The first-order valence-corrected chi connectivity index (χ1v) is 6.85. The number of hydrogen-bond acceptors (Lipinski definition) is 0. The van der Waals surface area contributed by atoms with Gasteiger partial charge in [-0.25, -0.2) is 0 Å². The normalized spacial score (nSPS) is 12.9. The predicted octanol–water partition coefficient (Wildman–Crippen LogP) is 6.31. The molecule has 1 rings (SSSR count). The molecular formula is C16H32. The molecule has 0 bridgehead atoms. The van der Waals surface area contributed by atoms with Gasteiger partial charge in [0.15, 0.2) is 0 Å².